The quantitative estimate of drug-likeness (QED) is 0.486. The number of amides is 1. The molecular weight excluding hydrogens is 388 g/mol. The molecule has 0 aliphatic heterocycles. The van der Waals surface area contributed by atoms with Crippen molar-refractivity contribution in [2.75, 3.05) is 7.11 Å². The number of hydrogen-bond donors (Lipinski definition) is 3. The standard InChI is InChI=1S/C18H19BrN2O4/c1-25-16-10-12(9-14(19)18(16)24)11-20-21-17(23)8-7-15(22)13-5-3-2-4-6-13/h2-6,9-11,15,22,24H,7-8H2,1H3,(H,21,23)/b20-11-/t15-/m1/s1. The summed E-state index contributed by atoms with van der Waals surface area (Å²) in [4.78, 5) is 11.8. The normalized spacial score (nSPS) is 12.1. The topological polar surface area (TPSA) is 91.2 Å². The third-order valence-corrected chi connectivity index (χ3v) is 4.11. The van der Waals surface area contributed by atoms with E-state index in [1.807, 2.05) is 30.3 Å². The van der Waals surface area contributed by atoms with E-state index in [0.29, 0.717) is 22.2 Å². The minimum atomic E-state index is -0.687. The molecule has 0 bridgehead atoms. The number of carbonyl (C=O) groups is 1. The van der Waals surface area contributed by atoms with E-state index >= 15 is 0 Å². The van der Waals surface area contributed by atoms with Crippen LogP contribution >= 0.6 is 15.9 Å². The van der Waals surface area contributed by atoms with Gasteiger partial charge in [-0.25, -0.2) is 5.43 Å². The molecule has 0 radical (unpaired) electrons. The Morgan fingerprint density at radius 2 is 2.08 bits per heavy atom. The Bertz CT molecular complexity index is 750. The van der Waals surface area contributed by atoms with Crippen LogP contribution in [0, 0.1) is 0 Å². The second-order valence-electron chi connectivity index (χ2n) is 5.31. The van der Waals surface area contributed by atoms with Gasteiger partial charge in [0.1, 0.15) is 0 Å². The monoisotopic (exact) mass is 406 g/mol. The van der Waals surface area contributed by atoms with Crippen LogP contribution in [0.25, 0.3) is 0 Å². The zero-order chi connectivity index (χ0) is 18.2. The number of hydrazone groups is 1. The summed E-state index contributed by atoms with van der Waals surface area (Å²) in [5, 5.41) is 23.6. The van der Waals surface area contributed by atoms with Crippen molar-refractivity contribution < 1.29 is 19.7 Å². The summed E-state index contributed by atoms with van der Waals surface area (Å²) >= 11 is 3.21. The Morgan fingerprint density at radius 3 is 2.76 bits per heavy atom. The van der Waals surface area contributed by atoms with Gasteiger partial charge in [0, 0.05) is 6.42 Å². The summed E-state index contributed by atoms with van der Waals surface area (Å²) in [5.41, 5.74) is 3.83. The van der Waals surface area contributed by atoms with Gasteiger partial charge >= 0.3 is 0 Å². The van der Waals surface area contributed by atoms with Gasteiger partial charge in [-0.3, -0.25) is 4.79 Å². The maximum Gasteiger partial charge on any atom is 0.240 e. The summed E-state index contributed by atoms with van der Waals surface area (Å²) in [6.45, 7) is 0. The van der Waals surface area contributed by atoms with E-state index in [9.17, 15) is 15.0 Å². The lowest BCUT2D eigenvalue weighted by Crippen LogP contribution is -2.18. The predicted molar refractivity (Wildman–Crippen MR) is 98.7 cm³/mol. The SMILES string of the molecule is COc1cc(/C=N\NC(=O)CC[C@@H](O)c2ccccc2)cc(Br)c1O. The van der Waals surface area contributed by atoms with Crippen molar-refractivity contribution in [2.24, 2.45) is 5.10 Å². The van der Waals surface area contributed by atoms with E-state index in [1.54, 1.807) is 12.1 Å². The molecule has 0 aliphatic rings. The Kier molecular flexibility index (Phi) is 6.97. The maximum absolute atomic E-state index is 11.8. The fraction of sp³-hybridized carbons (Fsp3) is 0.222. The molecule has 2 rings (SSSR count). The van der Waals surface area contributed by atoms with Crippen LogP contribution in [0.2, 0.25) is 0 Å². The highest BCUT2D eigenvalue weighted by Gasteiger charge is 2.10. The fourth-order valence-electron chi connectivity index (χ4n) is 2.17. The zero-order valence-corrected chi connectivity index (χ0v) is 15.2. The third-order valence-electron chi connectivity index (χ3n) is 3.50. The molecule has 2 aromatic carbocycles. The molecule has 2 aromatic rings. The Labute approximate surface area is 154 Å². The van der Waals surface area contributed by atoms with Gasteiger partial charge in [0.05, 0.1) is 23.9 Å². The first-order valence-corrected chi connectivity index (χ1v) is 8.42. The Balaban J connectivity index is 1.85. The molecule has 0 saturated carbocycles. The summed E-state index contributed by atoms with van der Waals surface area (Å²) < 4.78 is 5.51. The molecular formula is C18H19BrN2O4. The number of rotatable bonds is 7. The highest BCUT2D eigenvalue weighted by atomic mass is 79.9. The smallest absolute Gasteiger partial charge is 0.240 e. The first kappa shape index (κ1) is 19.0. The highest BCUT2D eigenvalue weighted by molar-refractivity contribution is 9.10. The first-order valence-electron chi connectivity index (χ1n) is 7.62. The number of phenols is 1. The zero-order valence-electron chi connectivity index (χ0n) is 13.6. The highest BCUT2D eigenvalue weighted by Crippen LogP contribution is 2.34. The molecule has 0 aromatic heterocycles. The van der Waals surface area contributed by atoms with Crippen LogP contribution in [-0.4, -0.2) is 29.4 Å². The molecule has 7 heteroatoms. The average molecular weight is 407 g/mol. The fourth-order valence-corrected chi connectivity index (χ4v) is 2.63. The number of ether oxygens (including phenoxy) is 1. The predicted octanol–water partition coefficient (Wildman–Crippen LogP) is 3.13. The lowest BCUT2D eigenvalue weighted by Gasteiger charge is -2.09. The number of aromatic hydroxyl groups is 1. The lowest BCUT2D eigenvalue weighted by atomic mass is 10.1. The second-order valence-corrected chi connectivity index (χ2v) is 6.17. The van der Waals surface area contributed by atoms with Crippen LogP contribution in [0.5, 0.6) is 11.5 Å². The van der Waals surface area contributed by atoms with Gasteiger partial charge in [-0.1, -0.05) is 30.3 Å². The van der Waals surface area contributed by atoms with Crippen LogP contribution in [-0.2, 0) is 4.79 Å². The molecule has 0 fully saturated rings. The summed E-state index contributed by atoms with van der Waals surface area (Å²) in [6.07, 6.45) is 1.21. The van der Waals surface area contributed by atoms with Crippen molar-refractivity contribution >= 4 is 28.1 Å². The van der Waals surface area contributed by atoms with Gasteiger partial charge in [-0.2, -0.15) is 5.10 Å². The summed E-state index contributed by atoms with van der Waals surface area (Å²) in [6, 6.07) is 12.4. The number of methoxy groups -OCH3 is 1. The van der Waals surface area contributed by atoms with Crippen LogP contribution in [0.4, 0.5) is 0 Å². The van der Waals surface area contributed by atoms with Crippen molar-refractivity contribution in [2.45, 2.75) is 18.9 Å². The van der Waals surface area contributed by atoms with Gasteiger partial charge in [-0.15, -0.1) is 0 Å². The number of nitrogens with one attached hydrogen (secondary N) is 1. The number of halogens is 1. The molecule has 132 valence electrons. The Hall–Kier alpha value is -2.38. The van der Waals surface area contributed by atoms with Crippen LogP contribution in [0.1, 0.15) is 30.1 Å². The number of aliphatic hydroxyl groups is 1. The van der Waals surface area contributed by atoms with Crippen molar-refractivity contribution in [3.63, 3.8) is 0 Å². The van der Waals surface area contributed by atoms with Gasteiger partial charge in [-0.05, 0) is 45.6 Å². The van der Waals surface area contributed by atoms with Crippen molar-refractivity contribution in [1.29, 1.82) is 0 Å². The van der Waals surface area contributed by atoms with Crippen molar-refractivity contribution in [3.05, 3.63) is 58.1 Å². The van der Waals surface area contributed by atoms with E-state index < -0.39 is 6.10 Å². The number of phenolic OH excluding ortho intramolecular Hbond substituents is 1. The Morgan fingerprint density at radius 1 is 1.36 bits per heavy atom. The van der Waals surface area contributed by atoms with E-state index in [4.69, 9.17) is 4.74 Å². The van der Waals surface area contributed by atoms with Gasteiger partial charge in [0.25, 0.3) is 0 Å². The van der Waals surface area contributed by atoms with Crippen LogP contribution in [0.15, 0.2) is 52.0 Å². The van der Waals surface area contributed by atoms with Crippen molar-refractivity contribution in [3.8, 4) is 11.5 Å². The molecule has 0 unspecified atom stereocenters. The van der Waals surface area contributed by atoms with Crippen molar-refractivity contribution in [1.82, 2.24) is 5.43 Å². The molecule has 6 nitrogen and oxygen atoms in total. The summed E-state index contributed by atoms with van der Waals surface area (Å²) in [5.74, 6) is 0.00256. The molecule has 3 N–H and O–H groups in total. The van der Waals surface area contributed by atoms with E-state index in [2.05, 4.69) is 26.5 Å². The molecule has 1 atom stereocenters. The van der Waals surface area contributed by atoms with Gasteiger partial charge in [0.15, 0.2) is 11.5 Å². The minimum Gasteiger partial charge on any atom is -0.503 e. The van der Waals surface area contributed by atoms with Crippen LogP contribution in [0.3, 0.4) is 0 Å². The maximum atomic E-state index is 11.8. The van der Waals surface area contributed by atoms with Crippen LogP contribution < -0.4 is 10.2 Å². The molecule has 0 heterocycles. The van der Waals surface area contributed by atoms with E-state index in [-0.39, 0.29) is 18.1 Å². The lowest BCUT2D eigenvalue weighted by molar-refractivity contribution is -0.121. The van der Waals surface area contributed by atoms with Gasteiger partial charge in [0.2, 0.25) is 5.91 Å². The third kappa shape index (κ3) is 5.58. The number of nitrogens with zero attached hydrogens (tertiary/aromatic N) is 1. The average Bonchev–Trinajstić information content (AvgIpc) is 2.63. The first-order chi connectivity index (χ1) is 12.0. The second kappa shape index (κ2) is 9.19. The number of aliphatic hydroxyl groups excluding tert-OH is 1. The van der Waals surface area contributed by atoms with E-state index in [0.717, 1.165) is 5.56 Å². The summed E-state index contributed by atoms with van der Waals surface area (Å²) in [7, 11) is 1.45. The number of carbonyl (C=O) groups excluding carboxylic acids is 1. The number of hydrogen-bond acceptors (Lipinski definition) is 5. The molecule has 0 saturated heterocycles. The molecule has 1 amide bonds. The number of benzene rings is 2. The van der Waals surface area contributed by atoms with E-state index in [1.165, 1.54) is 13.3 Å². The van der Waals surface area contributed by atoms with Gasteiger partial charge < -0.3 is 14.9 Å². The largest absolute Gasteiger partial charge is 0.503 e. The molecule has 0 spiro atoms. The molecule has 25 heavy (non-hydrogen) atoms. The molecule has 0 aliphatic carbocycles. The minimum absolute atomic E-state index is 0.00131.